The first kappa shape index (κ1) is 21.8. The second-order valence-corrected chi connectivity index (χ2v) is 5.33. The van der Waals surface area contributed by atoms with Gasteiger partial charge in [0.05, 0.1) is 13.2 Å². The molecule has 1 aliphatic rings. The Hall–Kier alpha value is -1.20. The predicted molar refractivity (Wildman–Crippen MR) is 104 cm³/mol. The van der Waals surface area contributed by atoms with Crippen molar-refractivity contribution in [3.63, 3.8) is 0 Å². The van der Waals surface area contributed by atoms with Crippen LogP contribution in [-0.4, -0.2) is 63.9 Å². The SMILES string of the molecule is CN=C(NCCN1CCOCC1)NCc1cccc(OC(F)F)c1.I. The van der Waals surface area contributed by atoms with Crippen LogP contribution < -0.4 is 15.4 Å². The van der Waals surface area contributed by atoms with Gasteiger partial charge in [-0.05, 0) is 17.7 Å². The minimum absolute atomic E-state index is 0. The molecule has 25 heavy (non-hydrogen) atoms. The van der Waals surface area contributed by atoms with Crippen molar-refractivity contribution < 1.29 is 18.3 Å². The van der Waals surface area contributed by atoms with Gasteiger partial charge in [0.25, 0.3) is 0 Å². The van der Waals surface area contributed by atoms with Gasteiger partial charge >= 0.3 is 6.61 Å². The second kappa shape index (κ2) is 12.2. The normalized spacial score (nSPS) is 15.6. The van der Waals surface area contributed by atoms with Gasteiger partial charge in [-0.3, -0.25) is 9.89 Å². The maximum Gasteiger partial charge on any atom is 0.387 e. The molecule has 0 bridgehead atoms. The summed E-state index contributed by atoms with van der Waals surface area (Å²) in [5.41, 5.74) is 0.837. The van der Waals surface area contributed by atoms with Crippen molar-refractivity contribution in [2.75, 3.05) is 46.4 Å². The second-order valence-electron chi connectivity index (χ2n) is 5.33. The lowest BCUT2D eigenvalue weighted by atomic mass is 10.2. The van der Waals surface area contributed by atoms with Crippen LogP contribution in [0.2, 0.25) is 0 Å². The summed E-state index contributed by atoms with van der Waals surface area (Å²) in [7, 11) is 1.69. The number of morpholine rings is 1. The zero-order valence-corrected chi connectivity index (χ0v) is 16.5. The Kier molecular flexibility index (Phi) is 10.7. The Balaban J connectivity index is 0.00000312. The fraction of sp³-hybridized carbons (Fsp3) is 0.562. The number of alkyl halides is 2. The Bertz CT molecular complexity index is 529. The number of nitrogens with zero attached hydrogens (tertiary/aromatic N) is 2. The van der Waals surface area contributed by atoms with Gasteiger partial charge in [-0.1, -0.05) is 12.1 Å². The van der Waals surface area contributed by atoms with Crippen molar-refractivity contribution in [3.05, 3.63) is 29.8 Å². The highest BCUT2D eigenvalue weighted by atomic mass is 127. The number of hydrogen-bond acceptors (Lipinski definition) is 4. The van der Waals surface area contributed by atoms with Gasteiger partial charge < -0.3 is 20.1 Å². The minimum atomic E-state index is -2.82. The van der Waals surface area contributed by atoms with Crippen LogP contribution in [0.1, 0.15) is 5.56 Å². The Morgan fingerprint density at radius 2 is 2.08 bits per heavy atom. The number of rotatable bonds is 7. The third kappa shape index (κ3) is 8.63. The van der Waals surface area contributed by atoms with Crippen molar-refractivity contribution in [2.45, 2.75) is 13.2 Å². The third-order valence-corrected chi connectivity index (χ3v) is 3.63. The van der Waals surface area contributed by atoms with Crippen molar-refractivity contribution >= 4 is 29.9 Å². The van der Waals surface area contributed by atoms with Crippen LogP contribution in [0.25, 0.3) is 0 Å². The smallest absolute Gasteiger partial charge is 0.387 e. The quantitative estimate of drug-likeness (QED) is 0.363. The van der Waals surface area contributed by atoms with Crippen LogP contribution in [0, 0.1) is 0 Å². The molecule has 2 rings (SSSR count). The molecule has 2 N–H and O–H groups in total. The van der Waals surface area contributed by atoms with Gasteiger partial charge in [-0.25, -0.2) is 0 Å². The first-order valence-corrected chi connectivity index (χ1v) is 7.96. The first-order chi connectivity index (χ1) is 11.7. The van der Waals surface area contributed by atoms with Crippen LogP contribution >= 0.6 is 24.0 Å². The summed E-state index contributed by atoms with van der Waals surface area (Å²) < 4.78 is 34.2. The third-order valence-electron chi connectivity index (χ3n) is 3.63. The summed E-state index contributed by atoms with van der Waals surface area (Å²) in [6.45, 7) is 2.81. The zero-order chi connectivity index (χ0) is 17.2. The summed E-state index contributed by atoms with van der Waals surface area (Å²) in [5.74, 6) is 0.822. The molecule has 0 aromatic heterocycles. The van der Waals surface area contributed by atoms with Gasteiger partial charge in [0.2, 0.25) is 0 Å². The van der Waals surface area contributed by atoms with Crippen LogP contribution in [-0.2, 0) is 11.3 Å². The number of guanidine groups is 1. The molecule has 0 unspecified atom stereocenters. The highest BCUT2D eigenvalue weighted by molar-refractivity contribution is 14.0. The monoisotopic (exact) mass is 470 g/mol. The van der Waals surface area contributed by atoms with E-state index in [1.165, 1.54) is 6.07 Å². The summed E-state index contributed by atoms with van der Waals surface area (Å²) >= 11 is 0. The molecule has 0 radical (unpaired) electrons. The molecule has 0 spiro atoms. The number of aliphatic imine (C=N–C) groups is 1. The molecule has 0 aliphatic carbocycles. The van der Waals surface area contributed by atoms with Crippen LogP contribution in [0.4, 0.5) is 8.78 Å². The van der Waals surface area contributed by atoms with E-state index in [0.29, 0.717) is 12.5 Å². The lowest BCUT2D eigenvalue weighted by Gasteiger charge is -2.26. The Morgan fingerprint density at radius 1 is 1.32 bits per heavy atom. The average molecular weight is 470 g/mol. The van der Waals surface area contributed by atoms with Gasteiger partial charge in [-0.15, -0.1) is 24.0 Å². The molecule has 0 saturated carbocycles. The average Bonchev–Trinajstić information content (AvgIpc) is 2.58. The van der Waals surface area contributed by atoms with E-state index in [1.54, 1.807) is 19.2 Å². The fourth-order valence-corrected chi connectivity index (χ4v) is 2.40. The maximum atomic E-state index is 12.2. The van der Waals surface area contributed by atoms with Crippen molar-refractivity contribution in [3.8, 4) is 5.75 Å². The number of hydrogen-bond donors (Lipinski definition) is 2. The molecule has 1 aromatic rings. The van der Waals surface area contributed by atoms with Crippen molar-refractivity contribution in [1.82, 2.24) is 15.5 Å². The van der Waals surface area contributed by atoms with Crippen LogP contribution in [0.3, 0.4) is 0 Å². The van der Waals surface area contributed by atoms with E-state index in [0.717, 1.165) is 45.0 Å². The summed E-state index contributed by atoms with van der Waals surface area (Å²) in [4.78, 5) is 6.48. The van der Waals surface area contributed by atoms with Gasteiger partial charge in [0, 0.05) is 39.8 Å². The number of nitrogens with one attached hydrogen (secondary N) is 2. The number of halogens is 3. The fourth-order valence-electron chi connectivity index (χ4n) is 2.40. The van der Waals surface area contributed by atoms with E-state index in [4.69, 9.17) is 4.74 Å². The topological polar surface area (TPSA) is 58.1 Å². The van der Waals surface area contributed by atoms with Crippen molar-refractivity contribution in [2.24, 2.45) is 4.99 Å². The summed E-state index contributed by atoms with van der Waals surface area (Å²) in [6, 6.07) is 6.61. The first-order valence-electron chi connectivity index (χ1n) is 7.96. The molecule has 6 nitrogen and oxygen atoms in total. The predicted octanol–water partition coefficient (Wildman–Crippen LogP) is 1.90. The van der Waals surface area contributed by atoms with Gasteiger partial charge in [0.1, 0.15) is 5.75 Å². The molecule has 1 aliphatic heterocycles. The Morgan fingerprint density at radius 3 is 2.76 bits per heavy atom. The summed E-state index contributed by atoms with van der Waals surface area (Å²) in [6.07, 6.45) is 0. The molecule has 1 heterocycles. The largest absolute Gasteiger partial charge is 0.435 e. The number of ether oxygens (including phenoxy) is 2. The molecular weight excluding hydrogens is 445 g/mol. The van der Waals surface area contributed by atoms with Gasteiger partial charge in [-0.2, -0.15) is 8.78 Å². The summed E-state index contributed by atoms with van der Waals surface area (Å²) in [5, 5.41) is 6.40. The maximum absolute atomic E-state index is 12.2. The van der Waals surface area contributed by atoms with Gasteiger partial charge in [0.15, 0.2) is 5.96 Å². The molecule has 1 aromatic carbocycles. The van der Waals surface area contributed by atoms with Crippen LogP contribution in [0.5, 0.6) is 5.75 Å². The molecule has 1 saturated heterocycles. The minimum Gasteiger partial charge on any atom is -0.435 e. The van der Waals surface area contributed by atoms with Crippen molar-refractivity contribution in [1.29, 1.82) is 0 Å². The highest BCUT2D eigenvalue weighted by Gasteiger charge is 2.10. The molecule has 0 atom stereocenters. The molecular formula is C16H25F2IN4O2. The highest BCUT2D eigenvalue weighted by Crippen LogP contribution is 2.15. The van der Waals surface area contributed by atoms with E-state index in [9.17, 15) is 8.78 Å². The lowest BCUT2D eigenvalue weighted by Crippen LogP contribution is -2.44. The van der Waals surface area contributed by atoms with Crippen LogP contribution in [0.15, 0.2) is 29.3 Å². The van der Waals surface area contributed by atoms with E-state index in [2.05, 4.69) is 25.3 Å². The molecule has 1 fully saturated rings. The molecule has 0 amide bonds. The lowest BCUT2D eigenvalue weighted by molar-refractivity contribution is -0.0498. The molecule has 142 valence electrons. The standard InChI is InChI=1S/C16H24F2N4O2.HI/c1-19-16(20-5-6-22-7-9-23-10-8-22)21-12-13-3-2-4-14(11-13)24-15(17)18;/h2-4,11,15H,5-10,12H2,1H3,(H2,19,20,21);1H. The number of benzene rings is 1. The van der Waals surface area contributed by atoms with E-state index >= 15 is 0 Å². The van der Waals surface area contributed by atoms with E-state index < -0.39 is 6.61 Å². The van der Waals surface area contributed by atoms with E-state index in [1.807, 2.05) is 6.07 Å². The Labute approximate surface area is 164 Å². The van der Waals surface area contributed by atoms with E-state index in [-0.39, 0.29) is 29.7 Å². The molecule has 9 heteroatoms. The zero-order valence-electron chi connectivity index (χ0n) is 14.2.